The van der Waals surface area contributed by atoms with E-state index in [1.165, 1.54) is 0 Å². The Balaban J connectivity index is 1.98. The Hall–Kier alpha value is -2.21. The van der Waals surface area contributed by atoms with Crippen molar-refractivity contribution < 1.29 is 19.0 Å². The van der Waals surface area contributed by atoms with Crippen LogP contribution in [-0.2, 0) is 11.2 Å². The average molecular weight is 422 g/mol. The number of nitrogens with one attached hydrogen (secondary N) is 1. The van der Waals surface area contributed by atoms with Gasteiger partial charge in [0.1, 0.15) is 17.2 Å². The molecule has 1 unspecified atom stereocenters. The Bertz CT molecular complexity index is 763. The third-order valence-electron chi connectivity index (χ3n) is 4.14. The van der Waals surface area contributed by atoms with Gasteiger partial charge in [-0.2, -0.15) is 0 Å². The normalized spacial score (nSPS) is 11.6. The van der Waals surface area contributed by atoms with Crippen LogP contribution in [0.1, 0.15) is 30.5 Å². The zero-order valence-corrected chi connectivity index (χ0v) is 17.1. The highest BCUT2D eigenvalue weighted by atomic mass is 79.9. The van der Waals surface area contributed by atoms with Crippen LogP contribution in [0.2, 0.25) is 0 Å². The fourth-order valence-corrected chi connectivity index (χ4v) is 3.28. The minimum absolute atomic E-state index is 0.0192. The largest absolute Gasteiger partial charge is 0.497 e. The van der Waals surface area contributed by atoms with E-state index in [9.17, 15) is 4.79 Å². The van der Waals surface area contributed by atoms with Crippen molar-refractivity contribution >= 4 is 21.8 Å². The molecule has 0 fully saturated rings. The molecular formula is C20H24BrNO4. The number of carbonyl (C=O) groups is 1. The SMILES string of the molecule is COc1ccc(OC)c(C(C)NC(=O)CCc2ccc(OC)c(Br)c2)c1. The third-order valence-corrected chi connectivity index (χ3v) is 4.76. The Morgan fingerprint density at radius 1 is 1.04 bits per heavy atom. The Labute approximate surface area is 162 Å². The number of rotatable bonds is 8. The van der Waals surface area contributed by atoms with Crippen LogP contribution in [0.5, 0.6) is 17.2 Å². The molecule has 1 N–H and O–H groups in total. The number of carbonyl (C=O) groups excluding carboxylic acids is 1. The first-order valence-electron chi connectivity index (χ1n) is 8.32. The summed E-state index contributed by atoms with van der Waals surface area (Å²) < 4.78 is 16.8. The molecule has 0 heterocycles. The lowest BCUT2D eigenvalue weighted by molar-refractivity contribution is -0.121. The minimum Gasteiger partial charge on any atom is -0.497 e. The summed E-state index contributed by atoms with van der Waals surface area (Å²) in [6.45, 7) is 1.93. The second-order valence-corrected chi connectivity index (χ2v) is 6.72. The number of ether oxygens (including phenoxy) is 3. The van der Waals surface area contributed by atoms with Crippen molar-refractivity contribution in [2.45, 2.75) is 25.8 Å². The fraction of sp³-hybridized carbons (Fsp3) is 0.350. The molecule has 0 aromatic heterocycles. The standard InChI is InChI=1S/C20H24BrNO4/c1-13(16-12-15(24-2)7-9-18(16)25-3)22-20(23)10-6-14-5-8-19(26-4)17(21)11-14/h5,7-9,11-13H,6,10H2,1-4H3,(H,22,23). The van der Waals surface area contributed by atoms with E-state index >= 15 is 0 Å². The molecule has 0 bridgehead atoms. The van der Waals surface area contributed by atoms with Crippen LogP contribution in [0, 0.1) is 0 Å². The van der Waals surface area contributed by atoms with Gasteiger partial charge in [0.25, 0.3) is 0 Å². The molecule has 140 valence electrons. The highest BCUT2D eigenvalue weighted by Gasteiger charge is 2.15. The lowest BCUT2D eigenvalue weighted by Crippen LogP contribution is -2.27. The molecule has 26 heavy (non-hydrogen) atoms. The second kappa shape index (κ2) is 9.48. The van der Waals surface area contributed by atoms with E-state index in [4.69, 9.17) is 14.2 Å². The molecule has 0 aliphatic rings. The maximum Gasteiger partial charge on any atom is 0.220 e. The number of benzene rings is 2. The highest BCUT2D eigenvalue weighted by molar-refractivity contribution is 9.10. The third kappa shape index (κ3) is 5.14. The topological polar surface area (TPSA) is 56.8 Å². The van der Waals surface area contributed by atoms with Crippen LogP contribution in [-0.4, -0.2) is 27.2 Å². The summed E-state index contributed by atoms with van der Waals surface area (Å²) in [6.07, 6.45) is 1.05. The molecule has 1 atom stereocenters. The maximum absolute atomic E-state index is 12.3. The van der Waals surface area contributed by atoms with Crippen molar-refractivity contribution in [3.8, 4) is 17.2 Å². The van der Waals surface area contributed by atoms with Crippen LogP contribution in [0.25, 0.3) is 0 Å². The van der Waals surface area contributed by atoms with Gasteiger partial charge < -0.3 is 19.5 Å². The molecular weight excluding hydrogens is 398 g/mol. The van der Waals surface area contributed by atoms with E-state index in [2.05, 4.69) is 21.2 Å². The van der Waals surface area contributed by atoms with E-state index in [1.54, 1.807) is 21.3 Å². The van der Waals surface area contributed by atoms with Crippen LogP contribution >= 0.6 is 15.9 Å². The van der Waals surface area contributed by atoms with Gasteiger partial charge in [-0.15, -0.1) is 0 Å². The summed E-state index contributed by atoms with van der Waals surface area (Å²) >= 11 is 3.46. The number of amides is 1. The molecule has 0 spiro atoms. The summed E-state index contributed by atoms with van der Waals surface area (Å²) in [5.74, 6) is 2.20. The number of aryl methyl sites for hydroxylation is 1. The molecule has 0 aliphatic heterocycles. The first-order valence-corrected chi connectivity index (χ1v) is 9.11. The van der Waals surface area contributed by atoms with Crippen molar-refractivity contribution in [2.24, 2.45) is 0 Å². The Morgan fingerprint density at radius 2 is 1.73 bits per heavy atom. The monoisotopic (exact) mass is 421 g/mol. The molecule has 6 heteroatoms. The molecule has 2 rings (SSSR count). The van der Waals surface area contributed by atoms with Crippen LogP contribution in [0.3, 0.4) is 0 Å². The van der Waals surface area contributed by atoms with Gasteiger partial charge >= 0.3 is 0 Å². The Kier molecular flexibility index (Phi) is 7.33. The van der Waals surface area contributed by atoms with Crippen LogP contribution in [0.4, 0.5) is 0 Å². The first-order chi connectivity index (χ1) is 12.5. The fourth-order valence-electron chi connectivity index (χ4n) is 2.69. The molecule has 0 aliphatic carbocycles. The van der Waals surface area contributed by atoms with E-state index < -0.39 is 0 Å². The van der Waals surface area contributed by atoms with E-state index in [-0.39, 0.29) is 11.9 Å². The predicted molar refractivity (Wildman–Crippen MR) is 105 cm³/mol. The molecule has 0 saturated heterocycles. The van der Waals surface area contributed by atoms with Crippen molar-refractivity contribution in [3.05, 3.63) is 52.0 Å². The van der Waals surface area contributed by atoms with Gasteiger partial charge in [-0.25, -0.2) is 0 Å². The van der Waals surface area contributed by atoms with Crippen LogP contribution in [0.15, 0.2) is 40.9 Å². The summed E-state index contributed by atoms with van der Waals surface area (Å²) in [7, 11) is 4.85. The molecule has 0 radical (unpaired) electrons. The summed E-state index contributed by atoms with van der Waals surface area (Å²) in [4.78, 5) is 12.3. The Morgan fingerprint density at radius 3 is 2.35 bits per heavy atom. The lowest BCUT2D eigenvalue weighted by atomic mass is 10.1. The zero-order chi connectivity index (χ0) is 19.1. The number of hydrogen-bond donors (Lipinski definition) is 1. The second-order valence-electron chi connectivity index (χ2n) is 5.87. The lowest BCUT2D eigenvalue weighted by Gasteiger charge is -2.18. The number of methoxy groups -OCH3 is 3. The maximum atomic E-state index is 12.3. The van der Waals surface area contributed by atoms with Crippen molar-refractivity contribution in [2.75, 3.05) is 21.3 Å². The van der Waals surface area contributed by atoms with Crippen molar-refractivity contribution in [1.82, 2.24) is 5.32 Å². The summed E-state index contributed by atoms with van der Waals surface area (Å²) in [5.41, 5.74) is 1.95. The predicted octanol–water partition coefficient (Wildman–Crippen LogP) is 4.28. The minimum atomic E-state index is -0.185. The van der Waals surface area contributed by atoms with Gasteiger partial charge in [0.2, 0.25) is 5.91 Å². The van der Waals surface area contributed by atoms with Crippen molar-refractivity contribution in [1.29, 1.82) is 0 Å². The van der Waals surface area contributed by atoms with Crippen LogP contribution < -0.4 is 19.5 Å². The molecule has 0 saturated carbocycles. The van der Waals surface area contributed by atoms with Gasteiger partial charge in [0, 0.05) is 12.0 Å². The van der Waals surface area contributed by atoms with Gasteiger partial charge in [-0.05, 0) is 65.2 Å². The summed E-state index contributed by atoms with van der Waals surface area (Å²) in [6, 6.07) is 11.2. The zero-order valence-electron chi connectivity index (χ0n) is 15.5. The molecule has 5 nitrogen and oxygen atoms in total. The summed E-state index contributed by atoms with van der Waals surface area (Å²) in [5, 5.41) is 3.02. The molecule has 2 aromatic rings. The van der Waals surface area contributed by atoms with Gasteiger partial charge in [-0.1, -0.05) is 6.07 Å². The smallest absolute Gasteiger partial charge is 0.220 e. The van der Waals surface area contributed by atoms with Gasteiger partial charge in [0.15, 0.2) is 0 Å². The average Bonchev–Trinajstić information content (AvgIpc) is 2.65. The molecule has 1 amide bonds. The van der Waals surface area contributed by atoms with E-state index in [1.807, 2.05) is 43.3 Å². The number of halogens is 1. The molecule has 2 aromatic carbocycles. The van der Waals surface area contributed by atoms with E-state index in [0.717, 1.165) is 32.8 Å². The van der Waals surface area contributed by atoms with Gasteiger partial charge in [0.05, 0.1) is 31.8 Å². The highest BCUT2D eigenvalue weighted by Crippen LogP contribution is 2.29. The van der Waals surface area contributed by atoms with E-state index in [0.29, 0.717) is 12.8 Å². The first kappa shape index (κ1) is 20.1. The number of hydrogen-bond acceptors (Lipinski definition) is 4. The van der Waals surface area contributed by atoms with Crippen molar-refractivity contribution in [3.63, 3.8) is 0 Å². The quantitative estimate of drug-likeness (QED) is 0.690. The van der Waals surface area contributed by atoms with Gasteiger partial charge in [-0.3, -0.25) is 4.79 Å².